The number of hydrogen-bond acceptors (Lipinski definition) is 2. The summed E-state index contributed by atoms with van der Waals surface area (Å²) in [5.41, 5.74) is 2.73. The molecule has 3 nitrogen and oxygen atoms in total. The Morgan fingerprint density at radius 2 is 1.80 bits per heavy atom. The van der Waals surface area contributed by atoms with Gasteiger partial charge in [-0.05, 0) is 61.9 Å². The van der Waals surface area contributed by atoms with Crippen molar-refractivity contribution in [1.82, 2.24) is 0 Å². The van der Waals surface area contributed by atoms with Crippen LogP contribution in [0.2, 0.25) is 0 Å². The summed E-state index contributed by atoms with van der Waals surface area (Å²) in [7, 11) is 0. The molecule has 0 heterocycles. The Morgan fingerprint density at radius 3 is 2.40 bits per heavy atom. The van der Waals surface area contributed by atoms with Gasteiger partial charge < -0.3 is 10.6 Å². The van der Waals surface area contributed by atoms with E-state index < -0.39 is 0 Å². The molecular formula is C16H17FN2O. The summed E-state index contributed by atoms with van der Waals surface area (Å²) in [6, 6.07) is 11.6. The van der Waals surface area contributed by atoms with E-state index >= 15 is 0 Å². The number of carbonyl (C=O) groups is 1. The maximum atomic E-state index is 13.3. The fourth-order valence-corrected chi connectivity index (χ4v) is 1.96. The minimum Gasteiger partial charge on any atom is -0.385 e. The Morgan fingerprint density at radius 1 is 1.10 bits per heavy atom. The molecule has 4 heteroatoms. The van der Waals surface area contributed by atoms with Gasteiger partial charge in [0, 0.05) is 23.5 Å². The largest absolute Gasteiger partial charge is 0.385 e. The summed E-state index contributed by atoms with van der Waals surface area (Å²) in [4.78, 5) is 12.1. The van der Waals surface area contributed by atoms with E-state index in [2.05, 4.69) is 10.6 Å². The van der Waals surface area contributed by atoms with E-state index in [-0.39, 0.29) is 11.7 Å². The maximum Gasteiger partial charge on any atom is 0.255 e. The lowest BCUT2D eigenvalue weighted by atomic mass is 10.1. The molecule has 2 aromatic rings. The molecule has 0 saturated heterocycles. The number of hydrogen-bond donors (Lipinski definition) is 2. The Labute approximate surface area is 117 Å². The topological polar surface area (TPSA) is 41.1 Å². The van der Waals surface area contributed by atoms with Crippen molar-refractivity contribution in [3.8, 4) is 0 Å². The number of benzene rings is 2. The van der Waals surface area contributed by atoms with E-state index in [4.69, 9.17) is 0 Å². The van der Waals surface area contributed by atoms with Crippen molar-refractivity contribution >= 4 is 17.3 Å². The molecule has 0 spiro atoms. The molecule has 0 aliphatic carbocycles. The van der Waals surface area contributed by atoms with E-state index in [1.54, 1.807) is 25.1 Å². The average Bonchev–Trinajstić information content (AvgIpc) is 2.38. The van der Waals surface area contributed by atoms with E-state index in [0.717, 1.165) is 17.8 Å². The molecular weight excluding hydrogens is 255 g/mol. The molecule has 0 unspecified atom stereocenters. The maximum absolute atomic E-state index is 13.3. The predicted octanol–water partition coefficient (Wildman–Crippen LogP) is 3.82. The molecule has 0 aromatic heterocycles. The van der Waals surface area contributed by atoms with Gasteiger partial charge in [-0.2, -0.15) is 0 Å². The van der Waals surface area contributed by atoms with Crippen LogP contribution < -0.4 is 10.6 Å². The van der Waals surface area contributed by atoms with Crippen molar-refractivity contribution in [3.63, 3.8) is 0 Å². The monoisotopic (exact) mass is 272 g/mol. The second-order valence-corrected chi connectivity index (χ2v) is 4.58. The molecule has 0 atom stereocenters. The summed E-state index contributed by atoms with van der Waals surface area (Å²) in [6.45, 7) is 4.62. The highest BCUT2D eigenvalue weighted by Gasteiger charge is 2.07. The Balaban J connectivity index is 2.11. The van der Waals surface area contributed by atoms with Crippen molar-refractivity contribution in [2.45, 2.75) is 13.8 Å². The number of amides is 1. The van der Waals surface area contributed by atoms with Crippen molar-refractivity contribution in [2.24, 2.45) is 0 Å². The van der Waals surface area contributed by atoms with Gasteiger partial charge in [-0.3, -0.25) is 4.79 Å². The molecule has 0 bridgehead atoms. The van der Waals surface area contributed by atoms with Crippen LogP contribution in [0.25, 0.3) is 0 Å². The predicted molar refractivity (Wildman–Crippen MR) is 79.7 cm³/mol. The molecule has 2 N–H and O–H groups in total. The Kier molecular flexibility index (Phi) is 4.35. The zero-order valence-corrected chi connectivity index (χ0v) is 11.5. The van der Waals surface area contributed by atoms with Crippen LogP contribution >= 0.6 is 0 Å². The third-order valence-corrected chi connectivity index (χ3v) is 2.83. The highest BCUT2D eigenvalue weighted by Crippen LogP contribution is 2.15. The molecule has 0 radical (unpaired) electrons. The standard InChI is InChI=1S/C16H17FN2O/c1-3-18-14-6-4-12(5-7-14)16(20)19-15-9-11(2)8-13(17)10-15/h4-10,18H,3H2,1-2H3,(H,19,20). The van der Waals surface area contributed by atoms with Crippen molar-refractivity contribution in [1.29, 1.82) is 0 Å². The van der Waals surface area contributed by atoms with Gasteiger partial charge in [-0.15, -0.1) is 0 Å². The second-order valence-electron chi connectivity index (χ2n) is 4.58. The van der Waals surface area contributed by atoms with Crippen molar-refractivity contribution < 1.29 is 9.18 Å². The van der Waals surface area contributed by atoms with Crippen LogP contribution in [0.4, 0.5) is 15.8 Å². The summed E-state index contributed by atoms with van der Waals surface area (Å²) in [5, 5.41) is 5.85. The highest BCUT2D eigenvalue weighted by molar-refractivity contribution is 6.04. The number of nitrogens with one attached hydrogen (secondary N) is 2. The Bertz CT molecular complexity index is 588. The Hall–Kier alpha value is -2.36. The minimum absolute atomic E-state index is 0.252. The van der Waals surface area contributed by atoms with Crippen LogP contribution in [0.1, 0.15) is 22.8 Å². The molecule has 0 aliphatic heterocycles. The summed E-state index contributed by atoms with van der Waals surface area (Å²) in [5.74, 6) is -0.610. The third-order valence-electron chi connectivity index (χ3n) is 2.83. The molecule has 2 aromatic carbocycles. The van der Waals surface area contributed by atoms with E-state index in [0.29, 0.717) is 11.3 Å². The zero-order valence-electron chi connectivity index (χ0n) is 11.5. The normalized spacial score (nSPS) is 10.2. The number of halogens is 1. The lowest BCUT2D eigenvalue weighted by Gasteiger charge is -2.08. The van der Waals surface area contributed by atoms with Gasteiger partial charge in [-0.25, -0.2) is 4.39 Å². The molecule has 104 valence electrons. The van der Waals surface area contributed by atoms with E-state index in [1.165, 1.54) is 12.1 Å². The van der Waals surface area contributed by atoms with Crippen LogP contribution in [0, 0.1) is 12.7 Å². The van der Waals surface area contributed by atoms with Gasteiger partial charge in [0.1, 0.15) is 5.82 Å². The highest BCUT2D eigenvalue weighted by atomic mass is 19.1. The summed E-state index contributed by atoms with van der Waals surface area (Å²) < 4.78 is 13.3. The summed E-state index contributed by atoms with van der Waals surface area (Å²) >= 11 is 0. The zero-order chi connectivity index (χ0) is 14.5. The van der Waals surface area contributed by atoms with E-state index in [1.807, 2.05) is 19.1 Å². The second kappa shape index (κ2) is 6.19. The molecule has 0 fully saturated rings. The lowest BCUT2D eigenvalue weighted by molar-refractivity contribution is 0.102. The average molecular weight is 272 g/mol. The molecule has 0 saturated carbocycles. The molecule has 20 heavy (non-hydrogen) atoms. The van der Waals surface area contributed by atoms with Crippen LogP contribution in [-0.4, -0.2) is 12.5 Å². The first-order valence-electron chi connectivity index (χ1n) is 6.51. The van der Waals surface area contributed by atoms with Crippen LogP contribution in [0.15, 0.2) is 42.5 Å². The van der Waals surface area contributed by atoms with Gasteiger partial charge in [0.25, 0.3) is 5.91 Å². The SMILES string of the molecule is CCNc1ccc(C(=O)Nc2cc(C)cc(F)c2)cc1. The minimum atomic E-state index is -0.359. The van der Waals surface area contributed by atoms with Crippen LogP contribution in [-0.2, 0) is 0 Å². The smallest absolute Gasteiger partial charge is 0.255 e. The third kappa shape index (κ3) is 3.57. The van der Waals surface area contributed by atoms with E-state index in [9.17, 15) is 9.18 Å². The number of aryl methyl sites for hydroxylation is 1. The molecule has 0 aliphatic rings. The van der Waals surface area contributed by atoms with Gasteiger partial charge in [0.05, 0.1) is 0 Å². The van der Waals surface area contributed by atoms with Crippen molar-refractivity contribution in [2.75, 3.05) is 17.2 Å². The first-order chi connectivity index (χ1) is 9.58. The number of carbonyl (C=O) groups excluding carboxylic acids is 1. The lowest BCUT2D eigenvalue weighted by Crippen LogP contribution is -2.12. The van der Waals surface area contributed by atoms with Gasteiger partial charge in [0.2, 0.25) is 0 Å². The van der Waals surface area contributed by atoms with Crippen LogP contribution in [0.5, 0.6) is 0 Å². The van der Waals surface area contributed by atoms with Gasteiger partial charge >= 0.3 is 0 Å². The fraction of sp³-hybridized carbons (Fsp3) is 0.188. The van der Waals surface area contributed by atoms with Gasteiger partial charge in [0.15, 0.2) is 0 Å². The number of rotatable bonds is 4. The van der Waals surface area contributed by atoms with Crippen LogP contribution in [0.3, 0.4) is 0 Å². The first-order valence-corrected chi connectivity index (χ1v) is 6.51. The first kappa shape index (κ1) is 14.1. The summed E-state index contributed by atoms with van der Waals surface area (Å²) in [6.07, 6.45) is 0. The molecule has 2 rings (SSSR count). The molecule has 1 amide bonds. The van der Waals surface area contributed by atoms with Crippen molar-refractivity contribution in [3.05, 3.63) is 59.4 Å². The van der Waals surface area contributed by atoms with Gasteiger partial charge in [-0.1, -0.05) is 0 Å². The fourth-order valence-electron chi connectivity index (χ4n) is 1.96. The quantitative estimate of drug-likeness (QED) is 0.888. The number of anilines is 2.